The van der Waals surface area contributed by atoms with Gasteiger partial charge in [0, 0.05) is 27.2 Å². The third kappa shape index (κ3) is 3.55. The predicted octanol–water partition coefficient (Wildman–Crippen LogP) is -0.913. The molecular formula is C22H24N6O6. The summed E-state index contributed by atoms with van der Waals surface area (Å²) < 4.78 is 15.0. The summed E-state index contributed by atoms with van der Waals surface area (Å²) in [6, 6.07) is 7.02. The van der Waals surface area contributed by atoms with Crippen LogP contribution in [0.5, 0.6) is 5.75 Å². The molecule has 0 unspecified atom stereocenters. The third-order valence-corrected chi connectivity index (χ3v) is 6.20. The van der Waals surface area contributed by atoms with Crippen LogP contribution in [0.3, 0.4) is 0 Å². The molecule has 2 aliphatic rings. The second-order valence-corrected chi connectivity index (χ2v) is 8.27. The van der Waals surface area contributed by atoms with Crippen molar-refractivity contribution in [2.45, 2.75) is 12.6 Å². The third-order valence-electron chi connectivity index (χ3n) is 6.20. The lowest BCUT2D eigenvalue weighted by atomic mass is 10.1. The number of amides is 2. The fourth-order valence-electron chi connectivity index (χ4n) is 4.33. The van der Waals surface area contributed by atoms with Crippen LogP contribution >= 0.6 is 0 Å². The smallest absolute Gasteiger partial charge is 0.332 e. The molecule has 0 bridgehead atoms. The SMILES string of the molecule is Cn1c(=O)c2c(ncn2CC(=O)N2C[C@H](C(=O)N3CCOCC3)Oc3ccccc32)n(C)c1=O. The Kier molecular flexibility index (Phi) is 5.44. The van der Waals surface area contributed by atoms with Gasteiger partial charge in [-0.05, 0) is 12.1 Å². The van der Waals surface area contributed by atoms with Gasteiger partial charge in [0.15, 0.2) is 17.3 Å². The summed E-state index contributed by atoms with van der Waals surface area (Å²) in [4.78, 5) is 58.8. The topological polar surface area (TPSA) is 121 Å². The van der Waals surface area contributed by atoms with Gasteiger partial charge in [-0.1, -0.05) is 12.1 Å². The van der Waals surface area contributed by atoms with E-state index in [-0.39, 0.29) is 36.1 Å². The molecular weight excluding hydrogens is 444 g/mol. The molecule has 12 nitrogen and oxygen atoms in total. The van der Waals surface area contributed by atoms with Gasteiger partial charge in [-0.25, -0.2) is 9.78 Å². The van der Waals surface area contributed by atoms with Gasteiger partial charge in [-0.15, -0.1) is 0 Å². The van der Waals surface area contributed by atoms with Crippen molar-refractivity contribution in [1.29, 1.82) is 0 Å². The minimum atomic E-state index is -0.856. The van der Waals surface area contributed by atoms with Crippen LogP contribution in [-0.2, 0) is 35.0 Å². The fraction of sp³-hybridized carbons (Fsp3) is 0.409. The van der Waals surface area contributed by atoms with E-state index in [4.69, 9.17) is 9.47 Å². The van der Waals surface area contributed by atoms with Gasteiger partial charge >= 0.3 is 5.69 Å². The Labute approximate surface area is 193 Å². The highest BCUT2D eigenvalue weighted by atomic mass is 16.5. The Morgan fingerprint density at radius 2 is 1.82 bits per heavy atom. The fourth-order valence-corrected chi connectivity index (χ4v) is 4.33. The number of aromatic nitrogens is 4. The summed E-state index contributed by atoms with van der Waals surface area (Å²) in [6.07, 6.45) is 0.511. The Hall–Kier alpha value is -3.93. The zero-order chi connectivity index (χ0) is 24.0. The van der Waals surface area contributed by atoms with Gasteiger partial charge in [0.25, 0.3) is 11.5 Å². The summed E-state index contributed by atoms with van der Waals surface area (Å²) in [5, 5.41) is 0. The van der Waals surface area contributed by atoms with Crippen LogP contribution in [0.4, 0.5) is 5.69 Å². The molecule has 1 saturated heterocycles. The van der Waals surface area contributed by atoms with E-state index >= 15 is 0 Å². The number of carbonyl (C=O) groups excluding carboxylic acids is 2. The van der Waals surface area contributed by atoms with Gasteiger partial charge < -0.3 is 23.8 Å². The standard InChI is InChI=1S/C22H24N6O6/c1-24-19-18(21(31)25(2)22(24)32)27(13-23-19)12-17(29)28-11-16(20(30)26-7-9-33-10-8-26)34-15-6-4-3-5-14(15)28/h3-6,13,16H,7-12H2,1-2H3/t16-/m1/s1. The van der Waals surface area contributed by atoms with Crippen LogP contribution in [0.15, 0.2) is 40.2 Å². The summed E-state index contributed by atoms with van der Waals surface area (Å²) in [5.74, 6) is -0.110. The van der Waals surface area contributed by atoms with E-state index in [9.17, 15) is 19.2 Å². The van der Waals surface area contributed by atoms with Crippen molar-refractivity contribution in [2.24, 2.45) is 14.1 Å². The molecule has 3 aromatic rings. The molecule has 0 N–H and O–H groups in total. The number of nitrogens with zero attached hydrogens (tertiary/aromatic N) is 6. The van der Waals surface area contributed by atoms with Gasteiger partial charge in [0.05, 0.1) is 31.8 Å². The molecule has 2 amide bonds. The van der Waals surface area contributed by atoms with Gasteiger partial charge in [-0.3, -0.25) is 23.5 Å². The lowest BCUT2D eigenvalue weighted by Gasteiger charge is -2.37. The van der Waals surface area contributed by atoms with Crippen molar-refractivity contribution < 1.29 is 19.1 Å². The monoisotopic (exact) mass is 468 g/mol. The number of carbonyl (C=O) groups is 2. The Morgan fingerprint density at radius 3 is 2.59 bits per heavy atom. The van der Waals surface area contributed by atoms with Crippen molar-refractivity contribution in [1.82, 2.24) is 23.6 Å². The maximum absolute atomic E-state index is 13.5. The van der Waals surface area contributed by atoms with E-state index in [1.165, 1.54) is 34.5 Å². The molecule has 4 heterocycles. The molecule has 1 fully saturated rings. The largest absolute Gasteiger partial charge is 0.476 e. The molecule has 5 rings (SSSR count). The number of para-hydroxylation sites is 2. The van der Waals surface area contributed by atoms with E-state index in [1.54, 1.807) is 29.2 Å². The highest BCUT2D eigenvalue weighted by molar-refractivity contribution is 5.97. The van der Waals surface area contributed by atoms with Gasteiger partial charge in [0.2, 0.25) is 5.91 Å². The molecule has 2 aromatic heterocycles. The van der Waals surface area contributed by atoms with E-state index in [0.29, 0.717) is 37.7 Å². The van der Waals surface area contributed by atoms with Crippen LogP contribution in [0.25, 0.3) is 11.2 Å². The lowest BCUT2D eigenvalue weighted by Crippen LogP contribution is -2.54. The van der Waals surface area contributed by atoms with E-state index in [1.807, 2.05) is 0 Å². The molecule has 0 spiro atoms. The van der Waals surface area contributed by atoms with E-state index in [2.05, 4.69) is 4.98 Å². The first kappa shape index (κ1) is 21.9. The number of ether oxygens (including phenoxy) is 2. The maximum atomic E-state index is 13.5. The summed E-state index contributed by atoms with van der Waals surface area (Å²) in [7, 11) is 2.90. The number of rotatable bonds is 3. The summed E-state index contributed by atoms with van der Waals surface area (Å²) in [5.41, 5.74) is -0.140. The molecule has 12 heteroatoms. The number of anilines is 1. The molecule has 2 aliphatic heterocycles. The molecule has 0 aliphatic carbocycles. The average molecular weight is 468 g/mol. The summed E-state index contributed by atoms with van der Waals surface area (Å²) >= 11 is 0. The molecule has 0 saturated carbocycles. The summed E-state index contributed by atoms with van der Waals surface area (Å²) in [6.45, 7) is 1.70. The van der Waals surface area contributed by atoms with Gasteiger partial charge in [-0.2, -0.15) is 0 Å². The minimum Gasteiger partial charge on any atom is -0.476 e. The highest BCUT2D eigenvalue weighted by Gasteiger charge is 2.36. The van der Waals surface area contributed by atoms with Crippen molar-refractivity contribution in [2.75, 3.05) is 37.7 Å². The number of imidazole rings is 1. The normalized spacial score (nSPS) is 18.0. The number of benzene rings is 1. The van der Waals surface area contributed by atoms with E-state index < -0.39 is 17.4 Å². The number of morpholine rings is 1. The molecule has 34 heavy (non-hydrogen) atoms. The number of hydrogen-bond donors (Lipinski definition) is 0. The van der Waals surface area contributed by atoms with Crippen LogP contribution in [-0.4, -0.2) is 74.4 Å². The second-order valence-electron chi connectivity index (χ2n) is 8.27. The Balaban J connectivity index is 1.47. The maximum Gasteiger partial charge on any atom is 0.332 e. The van der Waals surface area contributed by atoms with Crippen molar-refractivity contribution in [3.63, 3.8) is 0 Å². The van der Waals surface area contributed by atoms with Crippen LogP contribution < -0.4 is 20.9 Å². The quantitative estimate of drug-likeness (QED) is 0.488. The number of aryl methyl sites for hydroxylation is 1. The average Bonchev–Trinajstić information content (AvgIpc) is 3.29. The number of fused-ring (bicyclic) bond motifs is 2. The second kappa shape index (κ2) is 8.45. The predicted molar refractivity (Wildman–Crippen MR) is 121 cm³/mol. The van der Waals surface area contributed by atoms with Crippen molar-refractivity contribution >= 4 is 28.7 Å². The van der Waals surface area contributed by atoms with Crippen molar-refractivity contribution in [3.05, 3.63) is 51.4 Å². The lowest BCUT2D eigenvalue weighted by molar-refractivity contribution is -0.142. The molecule has 1 atom stereocenters. The van der Waals surface area contributed by atoms with Crippen LogP contribution in [0.1, 0.15) is 0 Å². The van der Waals surface area contributed by atoms with Crippen LogP contribution in [0.2, 0.25) is 0 Å². The Bertz CT molecular complexity index is 1400. The van der Waals surface area contributed by atoms with Crippen LogP contribution in [0, 0.1) is 0 Å². The first-order valence-corrected chi connectivity index (χ1v) is 10.9. The van der Waals surface area contributed by atoms with Crippen molar-refractivity contribution in [3.8, 4) is 5.75 Å². The van der Waals surface area contributed by atoms with E-state index in [0.717, 1.165) is 4.57 Å². The molecule has 178 valence electrons. The first-order chi connectivity index (χ1) is 16.4. The zero-order valence-electron chi connectivity index (χ0n) is 18.8. The highest BCUT2D eigenvalue weighted by Crippen LogP contribution is 2.34. The minimum absolute atomic E-state index is 0.0369. The zero-order valence-corrected chi connectivity index (χ0v) is 18.8. The first-order valence-electron chi connectivity index (χ1n) is 10.9. The van der Waals surface area contributed by atoms with Gasteiger partial charge in [0.1, 0.15) is 12.3 Å². The number of hydrogen-bond acceptors (Lipinski definition) is 7. The Morgan fingerprint density at radius 1 is 1.09 bits per heavy atom. The molecule has 0 radical (unpaired) electrons. The molecule has 1 aromatic carbocycles.